The number of esters is 2. The van der Waals surface area contributed by atoms with Crippen molar-refractivity contribution in [2.75, 3.05) is 0 Å². The Morgan fingerprint density at radius 1 is 1.14 bits per heavy atom. The Balaban J connectivity index is 2.83. The quantitative estimate of drug-likeness (QED) is 0.360. The molecule has 21 heavy (non-hydrogen) atoms. The second kappa shape index (κ2) is 8.80. The van der Waals surface area contributed by atoms with Crippen LogP contribution < -0.4 is 4.74 Å². The molecule has 4 heteroatoms. The highest BCUT2D eigenvalue weighted by atomic mass is 16.5. The van der Waals surface area contributed by atoms with Crippen molar-refractivity contribution in [3.63, 3.8) is 0 Å². The van der Waals surface area contributed by atoms with Crippen LogP contribution in [0.3, 0.4) is 0 Å². The fourth-order valence-corrected chi connectivity index (χ4v) is 1.65. The summed E-state index contributed by atoms with van der Waals surface area (Å²) in [4.78, 5) is 22.0. The summed E-state index contributed by atoms with van der Waals surface area (Å²) in [7, 11) is 0. The second-order valence-electron chi connectivity index (χ2n) is 4.58. The van der Waals surface area contributed by atoms with Gasteiger partial charge < -0.3 is 9.47 Å². The standard InChI is InChI=1S/C17H20O4/c1-4-5-6-7-8-17(21-14(3)19)15-9-11-16(12-10-15)20-13(2)18/h9-12,17H,4-6H2,1-3H3. The molecule has 0 saturated heterocycles. The van der Waals surface area contributed by atoms with Crippen LogP contribution >= 0.6 is 0 Å². The molecule has 0 amide bonds. The number of carbonyl (C=O) groups is 2. The van der Waals surface area contributed by atoms with E-state index in [4.69, 9.17) is 9.47 Å². The third-order valence-electron chi connectivity index (χ3n) is 2.62. The normalized spacial score (nSPS) is 11.0. The molecule has 1 atom stereocenters. The summed E-state index contributed by atoms with van der Waals surface area (Å²) >= 11 is 0. The van der Waals surface area contributed by atoms with E-state index >= 15 is 0 Å². The maximum Gasteiger partial charge on any atom is 0.308 e. The van der Waals surface area contributed by atoms with Gasteiger partial charge in [-0.25, -0.2) is 0 Å². The minimum Gasteiger partial charge on any atom is -0.444 e. The monoisotopic (exact) mass is 288 g/mol. The third-order valence-corrected chi connectivity index (χ3v) is 2.62. The molecule has 1 rings (SSSR count). The number of hydrogen-bond acceptors (Lipinski definition) is 4. The van der Waals surface area contributed by atoms with Crippen molar-refractivity contribution < 1.29 is 19.1 Å². The van der Waals surface area contributed by atoms with Gasteiger partial charge in [0.1, 0.15) is 5.75 Å². The molecule has 1 aromatic carbocycles. The summed E-state index contributed by atoms with van der Waals surface area (Å²) in [5, 5.41) is 0. The predicted octanol–water partition coefficient (Wildman–Crippen LogP) is 3.41. The Kier molecular flexibility index (Phi) is 7.03. The summed E-state index contributed by atoms with van der Waals surface area (Å²) in [5.74, 6) is 5.68. The SMILES string of the molecule is CCCCC#CC(OC(C)=O)c1ccc(OC(C)=O)cc1. The lowest BCUT2D eigenvalue weighted by molar-refractivity contribution is -0.144. The number of carbonyl (C=O) groups excluding carboxylic acids is 2. The first-order chi connectivity index (χ1) is 10.0. The van der Waals surface area contributed by atoms with E-state index in [1.165, 1.54) is 13.8 Å². The lowest BCUT2D eigenvalue weighted by atomic mass is 10.1. The molecule has 0 aromatic heterocycles. The molecule has 0 spiro atoms. The third kappa shape index (κ3) is 6.62. The highest BCUT2D eigenvalue weighted by Crippen LogP contribution is 2.20. The van der Waals surface area contributed by atoms with Crippen LogP contribution in [0.25, 0.3) is 0 Å². The maximum absolute atomic E-state index is 11.2. The molecule has 1 aromatic rings. The Hall–Kier alpha value is -2.28. The first kappa shape index (κ1) is 16.8. The average molecular weight is 288 g/mol. The van der Waals surface area contributed by atoms with E-state index in [0.717, 1.165) is 24.8 Å². The van der Waals surface area contributed by atoms with Crippen molar-refractivity contribution in [2.24, 2.45) is 0 Å². The Labute approximate surface area is 125 Å². The highest BCUT2D eigenvalue weighted by molar-refractivity contribution is 5.69. The Bertz CT molecular complexity index is 534. The molecule has 0 fully saturated rings. The molecule has 1 unspecified atom stereocenters. The number of unbranched alkanes of at least 4 members (excludes halogenated alkanes) is 2. The largest absolute Gasteiger partial charge is 0.444 e. The summed E-state index contributed by atoms with van der Waals surface area (Å²) in [5.41, 5.74) is 0.755. The fourth-order valence-electron chi connectivity index (χ4n) is 1.65. The lowest BCUT2D eigenvalue weighted by Crippen LogP contribution is -2.07. The molecule has 112 valence electrons. The first-order valence-corrected chi connectivity index (χ1v) is 6.97. The molecule has 0 radical (unpaired) electrons. The molecule has 0 saturated carbocycles. The van der Waals surface area contributed by atoms with Gasteiger partial charge in [-0.2, -0.15) is 0 Å². The van der Waals surface area contributed by atoms with E-state index in [0.29, 0.717) is 5.75 Å². The maximum atomic E-state index is 11.2. The number of hydrogen-bond donors (Lipinski definition) is 0. The number of rotatable bonds is 5. The average Bonchev–Trinajstić information content (AvgIpc) is 2.42. The Morgan fingerprint density at radius 3 is 2.33 bits per heavy atom. The van der Waals surface area contributed by atoms with Crippen molar-refractivity contribution in [1.29, 1.82) is 0 Å². The van der Waals surface area contributed by atoms with Crippen LogP contribution in [0, 0.1) is 11.8 Å². The van der Waals surface area contributed by atoms with Gasteiger partial charge in [0.25, 0.3) is 0 Å². The summed E-state index contributed by atoms with van der Waals surface area (Å²) in [6, 6.07) is 6.78. The van der Waals surface area contributed by atoms with Crippen molar-refractivity contribution in [1.82, 2.24) is 0 Å². The second-order valence-corrected chi connectivity index (χ2v) is 4.58. The fraction of sp³-hybridized carbons (Fsp3) is 0.412. The van der Waals surface area contributed by atoms with Crippen LogP contribution in [0.1, 0.15) is 51.7 Å². The van der Waals surface area contributed by atoms with Crippen LogP contribution in [-0.4, -0.2) is 11.9 Å². The van der Waals surface area contributed by atoms with Crippen LogP contribution in [0.15, 0.2) is 24.3 Å². The van der Waals surface area contributed by atoms with Crippen molar-refractivity contribution in [3.8, 4) is 17.6 Å². The molecular weight excluding hydrogens is 268 g/mol. The van der Waals surface area contributed by atoms with Crippen molar-refractivity contribution in [3.05, 3.63) is 29.8 Å². The van der Waals surface area contributed by atoms with Crippen LogP contribution in [0.4, 0.5) is 0 Å². The molecule has 0 bridgehead atoms. The zero-order chi connectivity index (χ0) is 15.7. The zero-order valence-corrected chi connectivity index (χ0v) is 12.6. The highest BCUT2D eigenvalue weighted by Gasteiger charge is 2.12. The molecule has 4 nitrogen and oxygen atoms in total. The summed E-state index contributed by atoms with van der Waals surface area (Å²) < 4.78 is 10.2. The van der Waals surface area contributed by atoms with Crippen molar-refractivity contribution in [2.45, 2.75) is 46.1 Å². The van der Waals surface area contributed by atoms with E-state index in [2.05, 4.69) is 18.8 Å². The minimum absolute atomic E-state index is 0.376. The van der Waals surface area contributed by atoms with Gasteiger partial charge >= 0.3 is 11.9 Å². The van der Waals surface area contributed by atoms with E-state index in [1.807, 2.05) is 0 Å². The molecule has 0 N–H and O–H groups in total. The van der Waals surface area contributed by atoms with Crippen molar-refractivity contribution >= 4 is 11.9 Å². The van der Waals surface area contributed by atoms with Crippen LogP contribution in [0.2, 0.25) is 0 Å². The lowest BCUT2D eigenvalue weighted by Gasteiger charge is -2.12. The van der Waals surface area contributed by atoms with Gasteiger partial charge in [0.2, 0.25) is 0 Å². The van der Waals surface area contributed by atoms with E-state index in [9.17, 15) is 9.59 Å². The predicted molar refractivity (Wildman–Crippen MR) is 79.6 cm³/mol. The van der Waals surface area contributed by atoms with Gasteiger partial charge in [0, 0.05) is 25.8 Å². The molecule has 0 heterocycles. The van der Waals surface area contributed by atoms with Crippen LogP contribution in [-0.2, 0) is 14.3 Å². The smallest absolute Gasteiger partial charge is 0.308 e. The van der Waals surface area contributed by atoms with Crippen LogP contribution in [0.5, 0.6) is 5.75 Å². The number of benzene rings is 1. The summed E-state index contributed by atoms with van der Waals surface area (Å²) in [6.07, 6.45) is 2.28. The van der Waals surface area contributed by atoms with Gasteiger partial charge in [-0.3, -0.25) is 9.59 Å². The van der Waals surface area contributed by atoms with Gasteiger partial charge in [-0.1, -0.05) is 37.3 Å². The molecule has 0 aliphatic heterocycles. The van der Waals surface area contributed by atoms with Gasteiger partial charge in [-0.15, -0.1) is 0 Å². The molecular formula is C17H20O4. The molecule has 0 aliphatic rings. The van der Waals surface area contributed by atoms with E-state index in [-0.39, 0.29) is 11.9 Å². The van der Waals surface area contributed by atoms with E-state index in [1.54, 1.807) is 24.3 Å². The van der Waals surface area contributed by atoms with Gasteiger partial charge in [0.05, 0.1) is 0 Å². The van der Waals surface area contributed by atoms with Gasteiger partial charge in [-0.05, 0) is 18.6 Å². The topological polar surface area (TPSA) is 52.6 Å². The minimum atomic E-state index is -0.592. The number of ether oxygens (including phenoxy) is 2. The zero-order valence-electron chi connectivity index (χ0n) is 12.6. The summed E-state index contributed by atoms with van der Waals surface area (Å²) in [6.45, 7) is 4.79. The Morgan fingerprint density at radius 2 is 1.81 bits per heavy atom. The molecule has 0 aliphatic carbocycles. The van der Waals surface area contributed by atoms with Gasteiger partial charge in [0.15, 0.2) is 6.10 Å². The first-order valence-electron chi connectivity index (χ1n) is 6.97. The van der Waals surface area contributed by atoms with E-state index < -0.39 is 6.10 Å².